The number of aliphatic hydroxyl groups excluding tert-OH is 1. The van der Waals surface area contributed by atoms with E-state index in [0.29, 0.717) is 55.3 Å². The molecule has 2 aromatic heterocycles. The summed E-state index contributed by atoms with van der Waals surface area (Å²) in [5.74, 6) is -1.42. The summed E-state index contributed by atoms with van der Waals surface area (Å²) in [4.78, 5) is 44.4. The van der Waals surface area contributed by atoms with Gasteiger partial charge >= 0.3 is 5.69 Å². The van der Waals surface area contributed by atoms with Gasteiger partial charge in [-0.3, -0.25) is 23.6 Å². The molecule has 1 saturated carbocycles. The highest BCUT2D eigenvalue weighted by Gasteiger charge is 2.30. The predicted octanol–water partition coefficient (Wildman–Crippen LogP) is 7.41. The van der Waals surface area contributed by atoms with Crippen LogP contribution in [0.15, 0.2) is 82.4 Å². The van der Waals surface area contributed by atoms with Crippen molar-refractivity contribution in [3.05, 3.63) is 128 Å². The van der Waals surface area contributed by atoms with E-state index in [1.807, 2.05) is 56.4 Å². The molecule has 2 heterocycles. The highest BCUT2D eigenvalue weighted by molar-refractivity contribution is 7.22. The molecule has 0 radical (unpaired) electrons. The van der Waals surface area contributed by atoms with Crippen molar-refractivity contribution < 1.29 is 18.7 Å². The maximum absolute atomic E-state index is 15.1. The van der Waals surface area contributed by atoms with Gasteiger partial charge in [0.1, 0.15) is 22.2 Å². The fourth-order valence-corrected chi connectivity index (χ4v) is 8.09. The number of hydrogen-bond acceptors (Lipinski definition) is 6. The van der Waals surface area contributed by atoms with Crippen LogP contribution in [0, 0.1) is 11.6 Å². The standard InChI is InChI=1S/C39H41F2N3O4S/c1-4-29(45)21-25-13-15-27(16-14-25)36-32(22-42(3)24(2)26-9-6-5-7-10-26)35-37(47)44(28-17-19-30(46)20-18-28)39(48)43(38(35)49-36)23-31-33(40)11-8-12-34(31)41/h5-16,24,28,30,46H,4,17-23H2,1-3H3/t24-,28?,30?/m1/s1. The molecule has 1 N–H and O–H groups in total. The number of aromatic nitrogens is 2. The van der Waals surface area contributed by atoms with E-state index >= 15 is 8.78 Å². The maximum Gasteiger partial charge on any atom is 0.332 e. The first-order valence-corrected chi connectivity index (χ1v) is 17.7. The average Bonchev–Trinajstić information content (AvgIpc) is 3.47. The lowest BCUT2D eigenvalue weighted by Gasteiger charge is -2.28. The molecule has 0 aliphatic heterocycles. The molecule has 10 heteroatoms. The van der Waals surface area contributed by atoms with E-state index in [4.69, 9.17) is 0 Å². The van der Waals surface area contributed by atoms with Gasteiger partial charge in [0.05, 0.1) is 18.0 Å². The molecule has 7 nitrogen and oxygen atoms in total. The Morgan fingerprint density at radius 2 is 1.59 bits per heavy atom. The Morgan fingerprint density at radius 3 is 2.22 bits per heavy atom. The second-order valence-corrected chi connectivity index (χ2v) is 14.1. The molecule has 0 unspecified atom stereocenters. The van der Waals surface area contributed by atoms with Crippen molar-refractivity contribution in [2.75, 3.05) is 7.05 Å². The van der Waals surface area contributed by atoms with Gasteiger partial charge in [0.2, 0.25) is 0 Å². The van der Waals surface area contributed by atoms with Crippen LogP contribution in [0.25, 0.3) is 20.7 Å². The third kappa shape index (κ3) is 7.08. The Kier molecular flexibility index (Phi) is 10.4. The van der Waals surface area contributed by atoms with Crippen LogP contribution in [0.2, 0.25) is 0 Å². The number of rotatable bonds is 11. The minimum absolute atomic E-state index is 0.0214. The van der Waals surface area contributed by atoms with Crippen LogP contribution in [0.3, 0.4) is 0 Å². The van der Waals surface area contributed by atoms with Crippen molar-refractivity contribution in [3.63, 3.8) is 0 Å². The first-order valence-electron chi connectivity index (χ1n) is 16.8. The summed E-state index contributed by atoms with van der Waals surface area (Å²) < 4.78 is 32.8. The van der Waals surface area contributed by atoms with Crippen LogP contribution >= 0.6 is 11.3 Å². The Morgan fingerprint density at radius 1 is 0.939 bits per heavy atom. The molecule has 1 fully saturated rings. The summed E-state index contributed by atoms with van der Waals surface area (Å²) in [6.07, 6.45) is 2.03. The molecule has 3 aromatic carbocycles. The molecule has 49 heavy (non-hydrogen) atoms. The fourth-order valence-electron chi connectivity index (χ4n) is 6.79. The minimum Gasteiger partial charge on any atom is -0.393 e. The van der Waals surface area contributed by atoms with E-state index in [2.05, 4.69) is 24.0 Å². The Bertz CT molecular complexity index is 2060. The number of halogens is 2. The minimum atomic E-state index is -0.774. The molecule has 6 rings (SSSR count). The van der Waals surface area contributed by atoms with Gasteiger partial charge in [-0.05, 0) is 74.0 Å². The number of nitrogens with zero attached hydrogens (tertiary/aromatic N) is 3. The maximum atomic E-state index is 15.1. The summed E-state index contributed by atoms with van der Waals surface area (Å²) in [5.41, 5.74) is 2.19. The molecule has 0 saturated heterocycles. The zero-order valence-electron chi connectivity index (χ0n) is 28.0. The highest BCUT2D eigenvalue weighted by atomic mass is 32.1. The monoisotopic (exact) mass is 685 g/mol. The SMILES string of the molecule is CCC(=O)Cc1ccc(-c2sc3c(c2CN(C)[C@H](C)c2ccccc2)c(=O)n(C2CCC(O)CC2)c(=O)n3Cc2c(F)cccc2F)cc1. The Labute approximate surface area is 288 Å². The second kappa shape index (κ2) is 14.7. The number of carbonyl (C=O) groups is 1. The van der Waals surface area contributed by atoms with Crippen LogP contribution < -0.4 is 11.2 Å². The summed E-state index contributed by atoms with van der Waals surface area (Å²) in [5, 5.41) is 10.6. The van der Waals surface area contributed by atoms with Gasteiger partial charge in [0, 0.05) is 41.9 Å². The van der Waals surface area contributed by atoms with E-state index in [-0.39, 0.29) is 17.4 Å². The third-order valence-electron chi connectivity index (χ3n) is 9.87. The van der Waals surface area contributed by atoms with Crippen molar-refractivity contribution in [2.24, 2.45) is 0 Å². The Hall–Kier alpha value is -4.25. The molecule has 0 bridgehead atoms. The quantitative estimate of drug-likeness (QED) is 0.157. The van der Waals surface area contributed by atoms with Crippen molar-refractivity contribution in [3.8, 4) is 10.4 Å². The lowest BCUT2D eigenvalue weighted by atomic mass is 9.93. The molecule has 1 atom stereocenters. The topological polar surface area (TPSA) is 84.5 Å². The molecular formula is C39H41F2N3O4S. The van der Waals surface area contributed by atoms with Gasteiger partial charge in [-0.2, -0.15) is 0 Å². The van der Waals surface area contributed by atoms with E-state index in [9.17, 15) is 19.5 Å². The number of ketones is 1. The first-order chi connectivity index (χ1) is 23.6. The largest absolute Gasteiger partial charge is 0.393 e. The number of thiophene rings is 1. The number of hydrogen-bond donors (Lipinski definition) is 1. The van der Waals surface area contributed by atoms with Crippen molar-refractivity contribution in [2.45, 2.75) is 83.6 Å². The smallest absolute Gasteiger partial charge is 0.332 e. The number of fused-ring (bicyclic) bond motifs is 1. The lowest BCUT2D eigenvalue weighted by molar-refractivity contribution is -0.118. The summed E-state index contributed by atoms with van der Waals surface area (Å²) in [6.45, 7) is 3.89. The van der Waals surface area contributed by atoms with Crippen LogP contribution in [-0.2, 0) is 24.3 Å². The van der Waals surface area contributed by atoms with Gasteiger partial charge in [-0.25, -0.2) is 13.6 Å². The summed E-state index contributed by atoms with van der Waals surface area (Å²) in [7, 11) is 1.98. The van der Waals surface area contributed by atoms with Crippen molar-refractivity contribution >= 4 is 27.3 Å². The number of aliphatic hydroxyl groups is 1. The molecule has 1 aliphatic rings. The average molecular weight is 686 g/mol. The van der Waals surface area contributed by atoms with Crippen LogP contribution in [0.5, 0.6) is 0 Å². The van der Waals surface area contributed by atoms with Crippen LogP contribution in [0.4, 0.5) is 8.78 Å². The predicted molar refractivity (Wildman–Crippen MR) is 190 cm³/mol. The van der Waals surface area contributed by atoms with E-state index < -0.39 is 41.6 Å². The summed E-state index contributed by atoms with van der Waals surface area (Å²) >= 11 is 1.26. The number of Topliss-reactive ketones (excluding diaryl/α,β-unsaturated/α-hetero) is 1. The van der Waals surface area contributed by atoms with Gasteiger partial charge in [0.15, 0.2) is 0 Å². The van der Waals surface area contributed by atoms with Crippen LogP contribution in [0.1, 0.15) is 80.3 Å². The number of benzene rings is 3. The van der Waals surface area contributed by atoms with Crippen LogP contribution in [-0.4, -0.2) is 38.1 Å². The van der Waals surface area contributed by atoms with Gasteiger partial charge < -0.3 is 5.11 Å². The normalized spacial score (nSPS) is 17.1. The fraction of sp³-hybridized carbons (Fsp3) is 0.359. The lowest BCUT2D eigenvalue weighted by Crippen LogP contribution is -2.43. The van der Waals surface area contributed by atoms with Gasteiger partial charge in [0.25, 0.3) is 5.56 Å². The number of carbonyl (C=O) groups excluding carboxylic acids is 1. The second-order valence-electron chi connectivity index (χ2n) is 13.1. The molecule has 1 aliphatic carbocycles. The van der Waals surface area contributed by atoms with E-state index in [1.165, 1.54) is 26.5 Å². The molecule has 0 spiro atoms. The zero-order valence-corrected chi connectivity index (χ0v) is 28.8. The van der Waals surface area contributed by atoms with Crippen molar-refractivity contribution in [1.82, 2.24) is 14.0 Å². The molecular weight excluding hydrogens is 645 g/mol. The first kappa shape index (κ1) is 34.6. The zero-order chi connectivity index (χ0) is 34.8. The molecule has 5 aromatic rings. The third-order valence-corrected chi connectivity index (χ3v) is 11.2. The Balaban J connectivity index is 1.59. The molecule has 0 amide bonds. The van der Waals surface area contributed by atoms with Gasteiger partial charge in [-0.1, -0.05) is 67.6 Å². The highest BCUT2D eigenvalue weighted by Crippen LogP contribution is 2.40. The van der Waals surface area contributed by atoms with Crippen molar-refractivity contribution in [1.29, 1.82) is 0 Å². The van der Waals surface area contributed by atoms with E-state index in [1.54, 1.807) is 0 Å². The van der Waals surface area contributed by atoms with E-state index in [0.717, 1.165) is 39.3 Å². The van der Waals surface area contributed by atoms with Gasteiger partial charge in [-0.15, -0.1) is 11.3 Å². The summed E-state index contributed by atoms with van der Waals surface area (Å²) in [6, 6.07) is 20.8. The molecule has 256 valence electrons.